The number of hydrogen-bond donors (Lipinski definition) is 2. The minimum absolute atomic E-state index is 0.396. The number of amides is 2. The van der Waals surface area contributed by atoms with Crippen molar-refractivity contribution < 1.29 is 19.5 Å². The van der Waals surface area contributed by atoms with Gasteiger partial charge in [-0.2, -0.15) is 0 Å². The molecule has 144 valence electrons. The number of hydrazine groups is 1. The Labute approximate surface area is 162 Å². The van der Waals surface area contributed by atoms with E-state index in [-0.39, 0.29) is 0 Å². The molecule has 0 aliphatic carbocycles. The molecule has 2 aromatic rings. The van der Waals surface area contributed by atoms with E-state index in [0.29, 0.717) is 17.3 Å². The highest BCUT2D eigenvalue weighted by molar-refractivity contribution is 6.03. The number of nitrogens with one attached hydrogen (secondary N) is 2. The Morgan fingerprint density at radius 1 is 1.11 bits per heavy atom. The van der Waals surface area contributed by atoms with Gasteiger partial charge in [0.15, 0.2) is 0 Å². The minimum Gasteiger partial charge on any atom is -0.545 e. The molecule has 1 atom stereocenters. The molecule has 1 heterocycles. The van der Waals surface area contributed by atoms with Gasteiger partial charge in [-0.3, -0.25) is 15.0 Å². The van der Waals surface area contributed by atoms with Gasteiger partial charge in [-0.1, -0.05) is 24.3 Å². The molecule has 8 heteroatoms. The number of carboxylic acid groups (broad SMARTS) is 1. The molecule has 0 spiro atoms. The molecule has 2 N–H and O–H groups in total. The highest BCUT2D eigenvalue weighted by Crippen LogP contribution is 2.32. The molecule has 0 saturated heterocycles. The average Bonchev–Trinajstić information content (AvgIpc) is 2.68. The van der Waals surface area contributed by atoms with Gasteiger partial charge in [-0.15, -0.1) is 0 Å². The summed E-state index contributed by atoms with van der Waals surface area (Å²) in [5.74, 6) is -2.67. The summed E-state index contributed by atoms with van der Waals surface area (Å²) in [6.45, 7) is 0. The third kappa shape index (κ3) is 3.96. The second-order valence-electron chi connectivity index (χ2n) is 6.38. The third-order valence-corrected chi connectivity index (χ3v) is 4.25. The number of hydrogen-bond acceptors (Lipinski definition) is 6. The summed E-state index contributed by atoms with van der Waals surface area (Å²) in [6.07, 6.45) is 0.736. The first kappa shape index (κ1) is 19.0. The molecule has 0 unspecified atom stereocenters. The van der Waals surface area contributed by atoms with Crippen molar-refractivity contribution in [3.8, 4) is 0 Å². The van der Waals surface area contributed by atoms with E-state index < -0.39 is 23.9 Å². The first-order valence-corrected chi connectivity index (χ1v) is 8.53. The Morgan fingerprint density at radius 2 is 1.79 bits per heavy atom. The van der Waals surface area contributed by atoms with Crippen molar-refractivity contribution in [2.24, 2.45) is 0 Å². The quantitative estimate of drug-likeness (QED) is 0.740. The lowest BCUT2D eigenvalue weighted by molar-refractivity contribution is -0.297. The fourth-order valence-electron chi connectivity index (χ4n) is 2.86. The smallest absolute Gasteiger partial charge is 0.276 e. The van der Waals surface area contributed by atoms with Crippen molar-refractivity contribution >= 4 is 29.2 Å². The highest BCUT2D eigenvalue weighted by Gasteiger charge is 2.33. The topological polar surface area (TPSA) is 105 Å². The first-order valence-electron chi connectivity index (χ1n) is 8.53. The van der Waals surface area contributed by atoms with Gasteiger partial charge in [0.05, 0.1) is 11.5 Å². The van der Waals surface area contributed by atoms with Gasteiger partial charge in [0.1, 0.15) is 6.17 Å². The van der Waals surface area contributed by atoms with E-state index >= 15 is 0 Å². The van der Waals surface area contributed by atoms with E-state index in [1.165, 1.54) is 0 Å². The normalized spacial score (nSPS) is 15.7. The number of carboxylic acids is 1. The summed E-state index contributed by atoms with van der Waals surface area (Å²) in [5, 5.41) is 14.9. The predicted octanol–water partition coefficient (Wildman–Crippen LogP) is 0.656. The summed E-state index contributed by atoms with van der Waals surface area (Å²) >= 11 is 0. The van der Waals surface area contributed by atoms with Crippen LogP contribution in [0.2, 0.25) is 0 Å². The Balaban J connectivity index is 1.95. The van der Waals surface area contributed by atoms with Crippen molar-refractivity contribution in [2.45, 2.75) is 6.17 Å². The van der Waals surface area contributed by atoms with Crippen LogP contribution in [-0.4, -0.2) is 36.9 Å². The van der Waals surface area contributed by atoms with E-state index in [9.17, 15) is 19.5 Å². The van der Waals surface area contributed by atoms with Gasteiger partial charge in [-0.25, -0.2) is 5.01 Å². The van der Waals surface area contributed by atoms with E-state index in [0.717, 1.165) is 22.3 Å². The molecule has 3 rings (SSSR count). The zero-order chi connectivity index (χ0) is 20.3. The van der Waals surface area contributed by atoms with Gasteiger partial charge >= 0.3 is 0 Å². The van der Waals surface area contributed by atoms with Crippen LogP contribution in [0.4, 0.5) is 11.4 Å². The van der Waals surface area contributed by atoms with Crippen LogP contribution >= 0.6 is 0 Å². The molecule has 8 nitrogen and oxygen atoms in total. The van der Waals surface area contributed by atoms with Crippen LogP contribution in [0, 0.1) is 0 Å². The van der Waals surface area contributed by atoms with Crippen LogP contribution in [0.15, 0.2) is 60.7 Å². The van der Waals surface area contributed by atoms with E-state index in [1.807, 2.05) is 49.3 Å². The minimum atomic E-state index is -1.50. The molecule has 1 aliphatic rings. The maximum atomic E-state index is 13.0. The highest BCUT2D eigenvalue weighted by atomic mass is 16.4. The van der Waals surface area contributed by atoms with Crippen molar-refractivity contribution in [3.63, 3.8) is 0 Å². The largest absolute Gasteiger partial charge is 0.545 e. The molecule has 28 heavy (non-hydrogen) atoms. The Bertz CT molecular complexity index is 937. The second kappa shape index (κ2) is 7.83. The van der Waals surface area contributed by atoms with E-state index in [2.05, 4.69) is 10.7 Å². The first-order chi connectivity index (χ1) is 13.4. The lowest BCUT2D eigenvalue weighted by atomic mass is 10.0. The number of anilines is 2. The molecule has 0 saturated carbocycles. The van der Waals surface area contributed by atoms with Gasteiger partial charge in [-0.05, 0) is 35.9 Å². The van der Waals surface area contributed by atoms with Crippen LogP contribution < -0.4 is 20.7 Å². The molecule has 0 bridgehead atoms. The van der Waals surface area contributed by atoms with Gasteiger partial charge in [0.25, 0.3) is 11.8 Å². The summed E-state index contributed by atoms with van der Waals surface area (Å²) in [6, 6.07) is 14.5. The summed E-state index contributed by atoms with van der Waals surface area (Å²) < 4.78 is 0. The number of para-hydroxylation sites is 1. The molecule has 0 aromatic heterocycles. The molecular weight excluding hydrogens is 360 g/mol. The van der Waals surface area contributed by atoms with Crippen LogP contribution in [0.25, 0.3) is 0 Å². The van der Waals surface area contributed by atoms with Crippen molar-refractivity contribution in [2.75, 3.05) is 24.3 Å². The van der Waals surface area contributed by atoms with Gasteiger partial charge in [0, 0.05) is 31.5 Å². The van der Waals surface area contributed by atoms with Crippen molar-refractivity contribution in [1.82, 2.24) is 10.4 Å². The number of fused-ring (bicyclic) bond motifs is 1. The molecule has 2 amide bonds. The monoisotopic (exact) mass is 379 g/mol. The number of aliphatic carboxylic acids is 1. The van der Waals surface area contributed by atoms with Crippen LogP contribution in [0.3, 0.4) is 0 Å². The van der Waals surface area contributed by atoms with Crippen molar-refractivity contribution in [1.29, 1.82) is 0 Å². The zero-order valence-electron chi connectivity index (χ0n) is 15.4. The lowest BCUT2D eigenvalue weighted by Gasteiger charge is -2.37. The van der Waals surface area contributed by atoms with E-state index in [1.54, 1.807) is 18.2 Å². The SMILES string of the molecule is CN(C)c1ccc([C@H]2Nc3ccccc3C(=O)N2NC(=O)C=CC(=O)[O-])cc1. The van der Waals surface area contributed by atoms with Crippen LogP contribution in [0.1, 0.15) is 22.1 Å². The maximum absolute atomic E-state index is 13.0. The van der Waals surface area contributed by atoms with Crippen LogP contribution in [-0.2, 0) is 9.59 Å². The van der Waals surface area contributed by atoms with Crippen molar-refractivity contribution in [3.05, 3.63) is 71.8 Å². The number of carbonyl (C=O) groups excluding carboxylic acids is 3. The maximum Gasteiger partial charge on any atom is 0.276 e. The van der Waals surface area contributed by atoms with E-state index in [4.69, 9.17) is 0 Å². The molecular formula is C20H19N4O4-. The Morgan fingerprint density at radius 3 is 2.43 bits per heavy atom. The predicted molar refractivity (Wildman–Crippen MR) is 102 cm³/mol. The second-order valence-corrected chi connectivity index (χ2v) is 6.38. The number of nitrogens with zero attached hydrogens (tertiary/aromatic N) is 2. The fraction of sp³-hybridized carbons (Fsp3) is 0.150. The number of benzene rings is 2. The molecule has 0 fully saturated rings. The molecule has 2 aromatic carbocycles. The fourth-order valence-corrected chi connectivity index (χ4v) is 2.86. The number of carbonyl (C=O) groups is 3. The standard InChI is InChI=1S/C20H20N4O4/c1-23(2)14-9-7-13(8-10-14)19-21-16-6-4-3-5-15(16)20(28)24(19)22-17(25)11-12-18(26)27/h3-12,19,21H,1-2H3,(H,22,25)(H,26,27)/p-1/t19-/m0/s1. The molecule has 1 aliphatic heterocycles. The van der Waals surface area contributed by atoms with Gasteiger partial charge < -0.3 is 20.1 Å². The molecule has 0 radical (unpaired) electrons. The summed E-state index contributed by atoms with van der Waals surface area (Å²) in [4.78, 5) is 37.5. The zero-order valence-corrected chi connectivity index (χ0v) is 15.4. The lowest BCUT2D eigenvalue weighted by Crippen LogP contribution is -2.52. The number of rotatable bonds is 5. The summed E-state index contributed by atoms with van der Waals surface area (Å²) in [5.41, 5.74) is 5.22. The Kier molecular flexibility index (Phi) is 5.30. The third-order valence-electron chi connectivity index (χ3n) is 4.25. The summed E-state index contributed by atoms with van der Waals surface area (Å²) in [7, 11) is 3.84. The van der Waals surface area contributed by atoms with Gasteiger partial charge in [0.2, 0.25) is 0 Å². The Hall–Kier alpha value is -3.81. The van der Waals surface area contributed by atoms with Crippen LogP contribution in [0.5, 0.6) is 0 Å². The average molecular weight is 379 g/mol.